The third kappa shape index (κ3) is 2.29. The van der Waals surface area contributed by atoms with Crippen LogP contribution in [0.1, 0.15) is 24.3 Å². The van der Waals surface area contributed by atoms with E-state index in [0.717, 1.165) is 5.56 Å². The zero-order valence-corrected chi connectivity index (χ0v) is 11.7. The van der Waals surface area contributed by atoms with E-state index in [1.165, 1.54) is 19.1 Å². The van der Waals surface area contributed by atoms with E-state index in [1.807, 2.05) is 0 Å². The summed E-state index contributed by atoms with van der Waals surface area (Å²) in [5.74, 6) is -0.368. The molecule has 20 heavy (non-hydrogen) atoms. The summed E-state index contributed by atoms with van der Waals surface area (Å²) in [6.07, 6.45) is 0.0371. The highest BCUT2D eigenvalue weighted by molar-refractivity contribution is 5.99. The van der Waals surface area contributed by atoms with Gasteiger partial charge in [-0.1, -0.05) is 0 Å². The molecule has 1 unspecified atom stereocenters. The van der Waals surface area contributed by atoms with Gasteiger partial charge in [-0.05, 0) is 12.1 Å². The molecule has 1 N–H and O–H groups in total. The van der Waals surface area contributed by atoms with Crippen LogP contribution in [0, 0.1) is 0 Å². The molecule has 0 fully saturated rings. The molecule has 0 saturated carbocycles. The summed E-state index contributed by atoms with van der Waals surface area (Å²) < 4.78 is 10.6. The molecule has 6 heteroatoms. The van der Waals surface area contributed by atoms with Crippen molar-refractivity contribution >= 4 is 17.6 Å². The normalized spacial score (nSPS) is 17.6. The van der Waals surface area contributed by atoms with Gasteiger partial charge in [0, 0.05) is 24.9 Å². The summed E-state index contributed by atoms with van der Waals surface area (Å²) in [6, 6.07) is 3.45. The number of carboxylic acid groups (broad SMARTS) is 1. The van der Waals surface area contributed by atoms with Crippen molar-refractivity contribution in [2.45, 2.75) is 18.8 Å². The van der Waals surface area contributed by atoms with E-state index in [2.05, 4.69) is 0 Å². The minimum absolute atomic E-state index is 0.115. The number of benzene rings is 1. The number of hydrogen-bond donors (Lipinski definition) is 1. The van der Waals surface area contributed by atoms with Crippen molar-refractivity contribution in [1.29, 1.82) is 0 Å². The molecule has 0 aliphatic carbocycles. The van der Waals surface area contributed by atoms with Gasteiger partial charge in [0.15, 0.2) is 0 Å². The van der Waals surface area contributed by atoms with E-state index in [1.54, 1.807) is 19.2 Å². The molecule has 1 atom stereocenters. The second-order valence-electron chi connectivity index (χ2n) is 4.68. The maximum Gasteiger partial charge on any atom is 0.303 e. The highest BCUT2D eigenvalue weighted by Gasteiger charge is 2.35. The lowest BCUT2D eigenvalue weighted by molar-refractivity contribution is -0.137. The van der Waals surface area contributed by atoms with Gasteiger partial charge in [-0.3, -0.25) is 9.59 Å². The molecule has 2 rings (SSSR count). The van der Waals surface area contributed by atoms with E-state index in [0.29, 0.717) is 17.2 Å². The molecule has 1 amide bonds. The van der Waals surface area contributed by atoms with Crippen LogP contribution < -0.4 is 14.4 Å². The summed E-state index contributed by atoms with van der Waals surface area (Å²) in [4.78, 5) is 24.6. The Bertz CT molecular complexity index is 555. The number of rotatable bonds is 4. The number of aliphatic carboxylic acids is 1. The zero-order chi connectivity index (χ0) is 14.9. The average Bonchev–Trinajstić information content (AvgIpc) is 2.42. The first-order valence-corrected chi connectivity index (χ1v) is 6.22. The number of ether oxygens (including phenoxy) is 2. The van der Waals surface area contributed by atoms with Crippen LogP contribution in [0.4, 0.5) is 5.69 Å². The Balaban J connectivity index is 2.64. The fourth-order valence-electron chi connectivity index (χ4n) is 2.61. The number of amides is 1. The SMILES string of the molecule is COc1ccc(OC)c2c1C(CC(=O)O)CC(=O)N2C. The summed E-state index contributed by atoms with van der Waals surface area (Å²) in [5, 5.41) is 9.04. The first-order chi connectivity index (χ1) is 9.49. The van der Waals surface area contributed by atoms with Gasteiger partial charge in [-0.25, -0.2) is 0 Å². The molecule has 0 radical (unpaired) electrons. The lowest BCUT2D eigenvalue weighted by Gasteiger charge is -2.33. The Morgan fingerprint density at radius 1 is 1.35 bits per heavy atom. The van der Waals surface area contributed by atoms with Crippen LogP contribution in [0.5, 0.6) is 11.5 Å². The highest BCUT2D eigenvalue weighted by Crippen LogP contribution is 2.47. The van der Waals surface area contributed by atoms with Crippen LogP contribution in [-0.4, -0.2) is 38.3 Å². The predicted molar refractivity (Wildman–Crippen MR) is 72.6 cm³/mol. The topological polar surface area (TPSA) is 76.1 Å². The molecule has 1 heterocycles. The summed E-state index contributed by atoms with van der Waals surface area (Å²) in [7, 11) is 4.69. The van der Waals surface area contributed by atoms with Gasteiger partial charge in [0.1, 0.15) is 11.5 Å². The third-order valence-electron chi connectivity index (χ3n) is 3.54. The Morgan fingerprint density at radius 3 is 2.50 bits per heavy atom. The van der Waals surface area contributed by atoms with Gasteiger partial charge in [-0.15, -0.1) is 0 Å². The molecule has 108 valence electrons. The molecule has 1 aromatic carbocycles. The van der Waals surface area contributed by atoms with Crippen molar-refractivity contribution in [2.24, 2.45) is 0 Å². The number of hydrogen-bond acceptors (Lipinski definition) is 4. The molecule has 1 aliphatic rings. The smallest absolute Gasteiger partial charge is 0.303 e. The molecule has 1 aromatic rings. The number of carbonyl (C=O) groups is 2. The van der Waals surface area contributed by atoms with Crippen molar-refractivity contribution in [2.75, 3.05) is 26.2 Å². The Hall–Kier alpha value is -2.24. The van der Waals surface area contributed by atoms with E-state index in [-0.39, 0.29) is 18.7 Å². The first kappa shape index (κ1) is 14.2. The predicted octanol–water partition coefficient (Wildman–Crippen LogP) is 1.63. The largest absolute Gasteiger partial charge is 0.496 e. The van der Waals surface area contributed by atoms with Gasteiger partial charge in [0.25, 0.3) is 0 Å². The average molecular weight is 279 g/mol. The monoisotopic (exact) mass is 279 g/mol. The number of fused-ring (bicyclic) bond motifs is 1. The maximum atomic E-state index is 12.1. The quantitative estimate of drug-likeness (QED) is 0.906. The zero-order valence-electron chi connectivity index (χ0n) is 11.7. The van der Waals surface area contributed by atoms with E-state index in [4.69, 9.17) is 14.6 Å². The van der Waals surface area contributed by atoms with Crippen LogP contribution in [0.15, 0.2) is 12.1 Å². The molecule has 0 aromatic heterocycles. The van der Waals surface area contributed by atoms with E-state index < -0.39 is 11.9 Å². The number of nitrogens with zero attached hydrogens (tertiary/aromatic N) is 1. The number of anilines is 1. The molecule has 0 saturated heterocycles. The lowest BCUT2D eigenvalue weighted by atomic mass is 9.86. The van der Waals surface area contributed by atoms with Crippen molar-refractivity contribution in [1.82, 2.24) is 0 Å². The van der Waals surface area contributed by atoms with Crippen molar-refractivity contribution in [3.05, 3.63) is 17.7 Å². The second-order valence-corrected chi connectivity index (χ2v) is 4.68. The van der Waals surface area contributed by atoms with Crippen LogP contribution in [0.3, 0.4) is 0 Å². The van der Waals surface area contributed by atoms with Crippen molar-refractivity contribution < 1.29 is 24.2 Å². The maximum absolute atomic E-state index is 12.1. The molecule has 6 nitrogen and oxygen atoms in total. The van der Waals surface area contributed by atoms with Gasteiger partial charge in [0.2, 0.25) is 5.91 Å². The molecule has 1 aliphatic heterocycles. The third-order valence-corrected chi connectivity index (χ3v) is 3.54. The van der Waals surface area contributed by atoms with Gasteiger partial charge in [-0.2, -0.15) is 0 Å². The summed E-state index contributed by atoms with van der Waals surface area (Å²) in [6.45, 7) is 0. The molecule has 0 spiro atoms. The van der Waals surface area contributed by atoms with Gasteiger partial charge in [0.05, 0.1) is 26.3 Å². The Kier molecular flexibility index (Phi) is 3.83. The number of carboxylic acids is 1. The fraction of sp³-hybridized carbons (Fsp3) is 0.429. The minimum Gasteiger partial charge on any atom is -0.496 e. The van der Waals surface area contributed by atoms with Crippen LogP contribution in [-0.2, 0) is 9.59 Å². The van der Waals surface area contributed by atoms with E-state index >= 15 is 0 Å². The van der Waals surface area contributed by atoms with E-state index in [9.17, 15) is 9.59 Å². The molecular formula is C14H17NO5. The summed E-state index contributed by atoms with van der Waals surface area (Å²) >= 11 is 0. The number of carbonyl (C=O) groups excluding carboxylic acids is 1. The van der Waals surface area contributed by atoms with Crippen molar-refractivity contribution in [3.63, 3.8) is 0 Å². The number of methoxy groups -OCH3 is 2. The second kappa shape index (κ2) is 5.40. The molecular weight excluding hydrogens is 262 g/mol. The van der Waals surface area contributed by atoms with Crippen LogP contribution in [0.2, 0.25) is 0 Å². The summed E-state index contributed by atoms with van der Waals surface area (Å²) in [5.41, 5.74) is 1.31. The Labute approximate surface area is 116 Å². The highest BCUT2D eigenvalue weighted by atomic mass is 16.5. The Morgan fingerprint density at radius 2 is 1.95 bits per heavy atom. The van der Waals surface area contributed by atoms with Crippen molar-refractivity contribution in [3.8, 4) is 11.5 Å². The first-order valence-electron chi connectivity index (χ1n) is 6.22. The van der Waals surface area contributed by atoms with Crippen LogP contribution >= 0.6 is 0 Å². The standard InChI is InChI=1S/C14H17NO5/c1-15-11(16)6-8(7-12(17)18)13-9(19-2)4-5-10(20-3)14(13)15/h4-5,8H,6-7H2,1-3H3,(H,17,18). The van der Waals surface area contributed by atoms with Gasteiger partial charge >= 0.3 is 5.97 Å². The molecule has 0 bridgehead atoms. The minimum atomic E-state index is -0.942. The fourth-order valence-corrected chi connectivity index (χ4v) is 2.61. The van der Waals surface area contributed by atoms with Crippen LogP contribution in [0.25, 0.3) is 0 Å². The van der Waals surface area contributed by atoms with Gasteiger partial charge < -0.3 is 19.5 Å². The lowest BCUT2D eigenvalue weighted by Crippen LogP contribution is -2.34.